The highest BCUT2D eigenvalue weighted by molar-refractivity contribution is 7.18. The molecular weight excluding hydrogens is 222 g/mol. The molecule has 2 rings (SSSR count). The Kier molecular flexibility index (Phi) is 3.18. The van der Waals surface area contributed by atoms with Gasteiger partial charge in [0.1, 0.15) is 0 Å². The molecule has 0 saturated carbocycles. The molecule has 76 valence electrons. The molecule has 2 heterocycles. The number of rotatable bonds is 5. The van der Waals surface area contributed by atoms with Gasteiger partial charge >= 0.3 is 0 Å². The van der Waals surface area contributed by atoms with Crippen molar-refractivity contribution in [3.63, 3.8) is 0 Å². The molecule has 1 fully saturated rings. The summed E-state index contributed by atoms with van der Waals surface area (Å²) < 4.78 is 5.66. The first-order valence-electron chi connectivity index (χ1n) is 4.36. The van der Waals surface area contributed by atoms with E-state index in [1.807, 2.05) is 0 Å². The summed E-state index contributed by atoms with van der Waals surface area (Å²) >= 11 is 7.04. The Morgan fingerprint density at radius 2 is 2.50 bits per heavy atom. The average Bonchev–Trinajstić information content (AvgIpc) is 2.87. The van der Waals surface area contributed by atoms with Crippen LogP contribution in [0.2, 0.25) is 4.34 Å². The molecule has 1 aromatic rings. The van der Waals surface area contributed by atoms with E-state index >= 15 is 0 Å². The van der Waals surface area contributed by atoms with Crippen molar-refractivity contribution < 1.29 is 9.53 Å². The van der Waals surface area contributed by atoms with Crippen LogP contribution >= 0.6 is 22.9 Å². The molecule has 1 aliphatic rings. The highest BCUT2D eigenvalue weighted by Crippen LogP contribution is 2.21. The molecule has 0 amide bonds. The fraction of sp³-hybridized carbons (Fsp3) is 0.444. The lowest BCUT2D eigenvalue weighted by Gasteiger charge is -1.99. The number of ketones is 1. The monoisotopic (exact) mass is 231 g/mol. The number of nitrogens with one attached hydrogen (secondary N) is 1. The molecule has 14 heavy (non-hydrogen) atoms. The second kappa shape index (κ2) is 4.40. The quantitative estimate of drug-likeness (QED) is 0.618. The average molecular weight is 232 g/mol. The summed E-state index contributed by atoms with van der Waals surface area (Å²) in [4.78, 5) is 12.2. The van der Waals surface area contributed by atoms with E-state index in [2.05, 4.69) is 5.32 Å². The van der Waals surface area contributed by atoms with Gasteiger partial charge in [0, 0.05) is 6.54 Å². The van der Waals surface area contributed by atoms with Crippen molar-refractivity contribution in [2.75, 3.05) is 19.7 Å². The van der Waals surface area contributed by atoms with Gasteiger partial charge in [0.25, 0.3) is 0 Å². The van der Waals surface area contributed by atoms with Crippen molar-refractivity contribution in [1.29, 1.82) is 0 Å². The van der Waals surface area contributed by atoms with E-state index in [1.54, 1.807) is 12.1 Å². The molecule has 0 aliphatic carbocycles. The third-order valence-electron chi connectivity index (χ3n) is 1.91. The predicted octanol–water partition coefficient (Wildman–Crippen LogP) is 1.57. The molecule has 1 N–H and O–H groups in total. The second-order valence-corrected chi connectivity index (χ2v) is 4.83. The van der Waals surface area contributed by atoms with E-state index in [-0.39, 0.29) is 5.78 Å². The van der Waals surface area contributed by atoms with E-state index in [0.717, 1.165) is 13.2 Å². The Labute approximate surface area is 91.0 Å². The number of ether oxygens (including phenoxy) is 1. The third-order valence-corrected chi connectivity index (χ3v) is 3.18. The van der Waals surface area contributed by atoms with Crippen molar-refractivity contribution in [3.8, 4) is 0 Å². The van der Waals surface area contributed by atoms with Gasteiger partial charge in [0.2, 0.25) is 0 Å². The summed E-state index contributed by atoms with van der Waals surface area (Å²) in [5.74, 6) is 0.0857. The highest BCUT2D eigenvalue weighted by Gasteiger charge is 2.21. The zero-order valence-electron chi connectivity index (χ0n) is 7.46. The molecule has 0 radical (unpaired) electrons. The molecule has 1 aliphatic heterocycles. The SMILES string of the molecule is O=C(CNC[C@H]1CO1)c1ccc(Cl)s1. The number of epoxide rings is 1. The first-order chi connectivity index (χ1) is 6.75. The van der Waals surface area contributed by atoms with Gasteiger partial charge in [-0.2, -0.15) is 0 Å². The summed E-state index contributed by atoms with van der Waals surface area (Å²) in [5, 5.41) is 3.04. The van der Waals surface area contributed by atoms with Gasteiger partial charge in [-0.1, -0.05) is 11.6 Å². The van der Waals surface area contributed by atoms with Gasteiger partial charge in [0.15, 0.2) is 5.78 Å². The van der Waals surface area contributed by atoms with Crippen LogP contribution in [0.15, 0.2) is 12.1 Å². The lowest BCUT2D eigenvalue weighted by molar-refractivity contribution is 0.0994. The number of thiophene rings is 1. The third kappa shape index (κ3) is 2.78. The number of carbonyl (C=O) groups is 1. The number of hydrogen-bond donors (Lipinski definition) is 1. The lowest BCUT2D eigenvalue weighted by atomic mass is 10.3. The molecule has 0 aromatic carbocycles. The highest BCUT2D eigenvalue weighted by atomic mass is 35.5. The first kappa shape index (κ1) is 10.1. The molecule has 1 aromatic heterocycles. The van der Waals surface area contributed by atoms with Crippen molar-refractivity contribution in [3.05, 3.63) is 21.3 Å². The van der Waals surface area contributed by atoms with Crippen LogP contribution in [0.4, 0.5) is 0 Å². The summed E-state index contributed by atoms with van der Waals surface area (Å²) in [6.45, 7) is 1.92. The van der Waals surface area contributed by atoms with Gasteiger partial charge in [-0.15, -0.1) is 11.3 Å². The van der Waals surface area contributed by atoms with E-state index in [4.69, 9.17) is 16.3 Å². The van der Waals surface area contributed by atoms with Gasteiger partial charge in [-0.25, -0.2) is 0 Å². The van der Waals surface area contributed by atoms with Crippen molar-refractivity contribution in [1.82, 2.24) is 5.32 Å². The van der Waals surface area contributed by atoms with Crippen LogP contribution in [0.1, 0.15) is 9.67 Å². The Balaban J connectivity index is 1.76. The molecular formula is C9H10ClNO2S. The fourth-order valence-electron chi connectivity index (χ4n) is 1.08. The smallest absolute Gasteiger partial charge is 0.186 e. The Morgan fingerprint density at radius 1 is 1.71 bits per heavy atom. The van der Waals surface area contributed by atoms with Crippen LogP contribution < -0.4 is 5.32 Å². The lowest BCUT2D eigenvalue weighted by Crippen LogP contribution is -2.26. The maximum atomic E-state index is 11.5. The Morgan fingerprint density at radius 3 is 3.07 bits per heavy atom. The molecule has 3 nitrogen and oxygen atoms in total. The van der Waals surface area contributed by atoms with E-state index in [0.29, 0.717) is 21.9 Å². The van der Waals surface area contributed by atoms with Crippen LogP contribution in [-0.4, -0.2) is 31.6 Å². The Bertz CT molecular complexity index is 335. The van der Waals surface area contributed by atoms with Crippen LogP contribution in [-0.2, 0) is 4.74 Å². The summed E-state index contributed by atoms with van der Waals surface area (Å²) in [6.07, 6.45) is 0.315. The summed E-state index contributed by atoms with van der Waals surface area (Å²) in [6, 6.07) is 3.49. The number of carbonyl (C=O) groups excluding carboxylic acids is 1. The van der Waals surface area contributed by atoms with Crippen molar-refractivity contribution in [2.45, 2.75) is 6.10 Å². The molecule has 0 bridgehead atoms. The van der Waals surface area contributed by atoms with Crippen LogP contribution in [0.3, 0.4) is 0 Å². The van der Waals surface area contributed by atoms with Crippen LogP contribution in [0, 0.1) is 0 Å². The van der Waals surface area contributed by atoms with Gasteiger partial charge in [0.05, 0.1) is 28.5 Å². The minimum absolute atomic E-state index is 0.0857. The van der Waals surface area contributed by atoms with Gasteiger partial charge in [-0.3, -0.25) is 4.79 Å². The largest absolute Gasteiger partial charge is 0.372 e. The van der Waals surface area contributed by atoms with Gasteiger partial charge < -0.3 is 10.1 Å². The minimum Gasteiger partial charge on any atom is -0.372 e. The molecule has 5 heteroatoms. The van der Waals surface area contributed by atoms with Crippen molar-refractivity contribution >= 4 is 28.7 Å². The normalized spacial score (nSPS) is 19.6. The van der Waals surface area contributed by atoms with Crippen LogP contribution in [0.25, 0.3) is 0 Å². The molecule has 1 atom stereocenters. The fourth-order valence-corrected chi connectivity index (χ4v) is 2.06. The number of Topliss-reactive ketones (excluding diaryl/α,β-unsaturated/α-hetero) is 1. The standard InChI is InChI=1S/C9H10ClNO2S/c10-9-2-1-8(14-9)7(12)4-11-3-6-5-13-6/h1-2,6,11H,3-5H2/t6-/m0/s1. The number of hydrogen-bond acceptors (Lipinski definition) is 4. The van der Waals surface area contributed by atoms with Gasteiger partial charge in [-0.05, 0) is 12.1 Å². The predicted molar refractivity (Wildman–Crippen MR) is 56.3 cm³/mol. The Hall–Kier alpha value is -0.420. The zero-order valence-corrected chi connectivity index (χ0v) is 9.03. The van der Waals surface area contributed by atoms with Crippen molar-refractivity contribution in [2.24, 2.45) is 0 Å². The van der Waals surface area contributed by atoms with E-state index in [1.165, 1.54) is 11.3 Å². The molecule has 0 spiro atoms. The minimum atomic E-state index is 0.0857. The maximum absolute atomic E-state index is 11.5. The maximum Gasteiger partial charge on any atom is 0.186 e. The molecule has 0 unspecified atom stereocenters. The summed E-state index contributed by atoms with van der Waals surface area (Å²) in [7, 11) is 0. The van der Waals surface area contributed by atoms with E-state index in [9.17, 15) is 4.79 Å². The number of halogens is 1. The topological polar surface area (TPSA) is 41.6 Å². The first-order valence-corrected chi connectivity index (χ1v) is 5.56. The molecule has 1 saturated heterocycles. The second-order valence-electron chi connectivity index (χ2n) is 3.11. The van der Waals surface area contributed by atoms with E-state index < -0.39 is 0 Å². The summed E-state index contributed by atoms with van der Waals surface area (Å²) in [5.41, 5.74) is 0. The van der Waals surface area contributed by atoms with Crippen LogP contribution in [0.5, 0.6) is 0 Å². The zero-order chi connectivity index (χ0) is 9.97.